The molecular formula is C25H27N3O3S. The van der Waals surface area contributed by atoms with Gasteiger partial charge in [-0.15, -0.1) is 11.8 Å². The van der Waals surface area contributed by atoms with E-state index in [-0.39, 0.29) is 36.1 Å². The van der Waals surface area contributed by atoms with Crippen LogP contribution in [0, 0.1) is 13.8 Å². The number of carbonyl (C=O) groups excluding carboxylic acids is 3. The van der Waals surface area contributed by atoms with Crippen molar-refractivity contribution in [3.05, 3.63) is 59.2 Å². The highest BCUT2D eigenvalue weighted by atomic mass is 32.2. The van der Waals surface area contributed by atoms with Crippen LogP contribution in [0.4, 0.5) is 11.4 Å². The molecule has 2 aromatic rings. The zero-order chi connectivity index (χ0) is 22.5. The highest BCUT2D eigenvalue weighted by Crippen LogP contribution is 2.55. The van der Waals surface area contributed by atoms with E-state index in [2.05, 4.69) is 5.32 Å². The quantitative estimate of drug-likeness (QED) is 0.774. The molecular weight excluding hydrogens is 422 g/mol. The molecule has 1 saturated carbocycles. The van der Waals surface area contributed by atoms with Gasteiger partial charge in [-0.1, -0.05) is 37.1 Å². The Morgan fingerprint density at radius 3 is 2.50 bits per heavy atom. The summed E-state index contributed by atoms with van der Waals surface area (Å²) in [5.41, 5.74) is 4.26. The van der Waals surface area contributed by atoms with E-state index in [1.807, 2.05) is 56.3 Å². The lowest BCUT2D eigenvalue weighted by atomic mass is 10.0. The number of nitrogens with zero attached hydrogens (tertiary/aromatic N) is 2. The minimum Gasteiger partial charge on any atom is -0.352 e. The predicted molar refractivity (Wildman–Crippen MR) is 127 cm³/mol. The van der Waals surface area contributed by atoms with Gasteiger partial charge >= 0.3 is 0 Å². The fourth-order valence-corrected chi connectivity index (χ4v) is 6.64. The predicted octanol–water partition coefficient (Wildman–Crippen LogP) is 3.64. The van der Waals surface area contributed by atoms with Crippen LogP contribution in [-0.2, 0) is 19.3 Å². The summed E-state index contributed by atoms with van der Waals surface area (Å²) in [7, 11) is 0. The fraction of sp³-hybridized carbons (Fsp3) is 0.400. The monoisotopic (exact) mass is 449 g/mol. The molecule has 2 fully saturated rings. The Bertz CT molecular complexity index is 1090. The summed E-state index contributed by atoms with van der Waals surface area (Å²) < 4.78 is 0. The molecule has 166 valence electrons. The molecule has 1 aliphatic carbocycles. The number of nitrogens with one attached hydrogen (secondary N) is 1. The van der Waals surface area contributed by atoms with E-state index in [1.165, 1.54) is 11.8 Å². The SMILES string of the molecule is Cc1cc(C)cc(N2C(=O)CS[C@]23C(=O)N(CC(=O)NC2CCCC2)c2ccccc23)c1. The molecule has 0 unspecified atom stereocenters. The molecule has 2 aromatic carbocycles. The summed E-state index contributed by atoms with van der Waals surface area (Å²) >= 11 is 1.34. The van der Waals surface area contributed by atoms with Crippen molar-refractivity contribution < 1.29 is 14.4 Å². The number of thioether (sulfide) groups is 1. The standard InChI is InChI=1S/C25H27N3O3S/c1-16-11-17(2)13-19(12-16)28-23(30)15-32-25(28)20-9-5-6-10-21(20)27(24(25)31)14-22(29)26-18-7-3-4-8-18/h5-6,9-13,18H,3-4,7-8,14-15H2,1-2H3,(H,26,29)/t25-/m1/s1. The van der Waals surface area contributed by atoms with Gasteiger partial charge in [-0.25, -0.2) is 0 Å². The van der Waals surface area contributed by atoms with Gasteiger partial charge in [-0.2, -0.15) is 0 Å². The summed E-state index contributed by atoms with van der Waals surface area (Å²) in [5, 5.41) is 3.08. The lowest BCUT2D eigenvalue weighted by Crippen LogP contribution is -2.51. The van der Waals surface area contributed by atoms with Crippen LogP contribution in [0.2, 0.25) is 0 Å². The Balaban J connectivity index is 1.54. The number of hydrogen-bond donors (Lipinski definition) is 1. The van der Waals surface area contributed by atoms with Gasteiger partial charge in [0.25, 0.3) is 5.91 Å². The van der Waals surface area contributed by atoms with E-state index in [0.717, 1.165) is 48.1 Å². The maximum absolute atomic E-state index is 14.0. The highest BCUT2D eigenvalue weighted by Gasteiger charge is 2.61. The summed E-state index contributed by atoms with van der Waals surface area (Å²) in [4.78, 5) is 42.0. The average molecular weight is 450 g/mol. The second-order valence-corrected chi connectivity index (χ2v) is 10.1. The van der Waals surface area contributed by atoms with Crippen molar-refractivity contribution in [2.75, 3.05) is 22.1 Å². The van der Waals surface area contributed by atoms with Crippen LogP contribution >= 0.6 is 11.8 Å². The van der Waals surface area contributed by atoms with E-state index in [1.54, 1.807) is 9.80 Å². The lowest BCUT2D eigenvalue weighted by Gasteiger charge is -2.33. The fourth-order valence-electron chi connectivity index (χ4n) is 5.28. The number of amides is 3. The summed E-state index contributed by atoms with van der Waals surface area (Å²) in [6.07, 6.45) is 4.24. The van der Waals surface area contributed by atoms with Gasteiger partial charge in [0.05, 0.1) is 11.4 Å². The Kier molecular flexibility index (Phi) is 5.24. The molecule has 2 heterocycles. The van der Waals surface area contributed by atoms with Gasteiger partial charge in [0, 0.05) is 17.3 Å². The molecule has 1 spiro atoms. The Morgan fingerprint density at radius 1 is 1.09 bits per heavy atom. The summed E-state index contributed by atoms with van der Waals surface area (Å²) in [6.45, 7) is 3.94. The van der Waals surface area contributed by atoms with Gasteiger partial charge in [-0.05, 0) is 56.0 Å². The van der Waals surface area contributed by atoms with Crippen molar-refractivity contribution in [1.29, 1.82) is 0 Å². The molecule has 1 saturated heterocycles. The third-order valence-corrected chi connectivity index (χ3v) is 7.94. The van der Waals surface area contributed by atoms with Gasteiger partial charge in [0.15, 0.2) is 0 Å². The van der Waals surface area contributed by atoms with Crippen LogP contribution in [0.25, 0.3) is 0 Å². The number of rotatable bonds is 4. The van der Waals surface area contributed by atoms with E-state index in [9.17, 15) is 14.4 Å². The van der Waals surface area contributed by atoms with Gasteiger partial charge < -0.3 is 5.32 Å². The van der Waals surface area contributed by atoms with Crippen molar-refractivity contribution >= 4 is 40.9 Å². The normalized spacial score (nSPS) is 22.8. The number of hydrogen-bond acceptors (Lipinski definition) is 4. The minimum absolute atomic E-state index is 0.0382. The molecule has 3 aliphatic rings. The van der Waals surface area contributed by atoms with Crippen LogP contribution in [0.1, 0.15) is 42.4 Å². The smallest absolute Gasteiger partial charge is 0.269 e. The minimum atomic E-state index is -1.18. The van der Waals surface area contributed by atoms with Gasteiger partial charge in [-0.3, -0.25) is 24.2 Å². The van der Waals surface area contributed by atoms with Crippen molar-refractivity contribution in [2.24, 2.45) is 0 Å². The molecule has 0 aromatic heterocycles. The van der Waals surface area contributed by atoms with Crippen molar-refractivity contribution in [3.63, 3.8) is 0 Å². The first-order chi connectivity index (χ1) is 15.4. The molecule has 0 radical (unpaired) electrons. The van der Waals surface area contributed by atoms with Crippen LogP contribution < -0.4 is 15.1 Å². The Labute approximate surface area is 192 Å². The average Bonchev–Trinajstić information content (AvgIpc) is 3.43. The molecule has 32 heavy (non-hydrogen) atoms. The second kappa shape index (κ2) is 7.96. The van der Waals surface area contributed by atoms with Crippen molar-refractivity contribution in [2.45, 2.75) is 50.4 Å². The number of fused-ring (bicyclic) bond motifs is 2. The third kappa shape index (κ3) is 3.30. The van der Waals surface area contributed by atoms with E-state index < -0.39 is 4.87 Å². The van der Waals surface area contributed by atoms with Crippen LogP contribution in [-0.4, -0.2) is 36.1 Å². The highest BCUT2D eigenvalue weighted by molar-refractivity contribution is 8.02. The molecule has 3 amide bonds. The van der Waals surface area contributed by atoms with Crippen LogP contribution in [0.15, 0.2) is 42.5 Å². The first-order valence-corrected chi connectivity index (χ1v) is 12.1. The number of benzene rings is 2. The summed E-state index contributed by atoms with van der Waals surface area (Å²) in [6, 6.07) is 13.7. The molecule has 2 aliphatic heterocycles. The molecule has 1 atom stereocenters. The topological polar surface area (TPSA) is 69.7 Å². The molecule has 0 bridgehead atoms. The van der Waals surface area contributed by atoms with E-state index in [0.29, 0.717) is 5.69 Å². The largest absolute Gasteiger partial charge is 0.352 e. The third-order valence-electron chi connectivity index (χ3n) is 6.55. The number of anilines is 2. The van der Waals surface area contributed by atoms with Gasteiger partial charge in [0.1, 0.15) is 6.54 Å². The zero-order valence-electron chi connectivity index (χ0n) is 18.4. The van der Waals surface area contributed by atoms with Crippen LogP contribution in [0.3, 0.4) is 0 Å². The van der Waals surface area contributed by atoms with Crippen LogP contribution in [0.5, 0.6) is 0 Å². The lowest BCUT2D eigenvalue weighted by molar-refractivity contribution is -0.126. The van der Waals surface area contributed by atoms with Crippen molar-refractivity contribution in [3.8, 4) is 0 Å². The first-order valence-electron chi connectivity index (χ1n) is 11.2. The Hall–Kier alpha value is -2.80. The molecule has 5 rings (SSSR count). The maximum Gasteiger partial charge on any atom is 0.269 e. The molecule has 6 nitrogen and oxygen atoms in total. The number of carbonyl (C=O) groups is 3. The van der Waals surface area contributed by atoms with E-state index in [4.69, 9.17) is 0 Å². The van der Waals surface area contributed by atoms with Crippen molar-refractivity contribution in [1.82, 2.24) is 5.32 Å². The van der Waals surface area contributed by atoms with Gasteiger partial charge in [0.2, 0.25) is 16.7 Å². The molecule has 7 heteroatoms. The number of para-hydroxylation sites is 1. The first kappa shape index (κ1) is 21.1. The second-order valence-electron chi connectivity index (χ2n) is 8.97. The summed E-state index contributed by atoms with van der Waals surface area (Å²) in [5.74, 6) is -0.255. The van der Waals surface area contributed by atoms with E-state index >= 15 is 0 Å². The maximum atomic E-state index is 14.0. The zero-order valence-corrected chi connectivity index (χ0v) is 19.2. The molecule has 1 N–H and O–H groups in total. The Morgan fingerprint density at radius 2 is 1.78 bits per heavy atom. The number of aryl methyl sites for hydroxylation is 2.